The van der Waals surface area contributed by atoms with Gasteiger partial charge in [0.1, 0.15) is 0 Å². The molecule has 1 amide bonds. The molecule has 0 aliphatic rings. The number of amides is 1. The molecule has 120 valence electrons. The molecule has 0 saturated carbocycles. The second-order valence-corrected chi connectivity index (χ2v) is 5.77. The summed E-state index contributed by atoms with van der Waals surface area (Å²) in [4.78, 5) is 11.9. The molecule has 0 heterocycles. The Labute approximate surface area is 141 Å². The molecule has 2 aromatic rings. The summed E-state index contributed by atoms with van der Waals surface area (Å²) in [7, 11) is 0. The zero-order valence-electron chi connectivity index (χ0n) is 13.5. The number of hydrazone groups is 1. The fraction of sp³-hybridized carbons (Fsp3) is 0.222. The van der Waals surface area contributed by atoms with Gasteiger partial charge in [0.2, 0.25) is 0 Å². The summed E-state index contributed by atoms with van der Waals surface area (Å²) in [6, 6.07) is 13.5. The quantitative estimate of drug-likeness (QED) is 0.645. The summed E-state index contributed by atoms with van der Waals surface area (Å²) in [5.74, 6) is -0.212. The van der Waals surface area contributed by atoms with Crippen LogP contribution in [-0.4, -0.2) is 18.2 Å². The number of hydrogen-bond acceptors (Lipinski definition) is 3. The van der Waals surface area contributed by atoms with Gasteiger partial charge in [0.25, 0.3) is 5.91 Å². The molecule has 0 unspecified atom stereocenters. The van der Waals surface area contributed by atoms with Crippen molar-refractivity contribution < 1.29 is 4.79 Å². The number of hydrogen-bond donors (Lipinski definition) is 2. The molecule has 0 aliphatic carbocycles. The maximum Gasteiger partial charge on any atom is 0.259 e. The molecule has 4 nitrogen and oxygen atoms in total. The van der Waals surface area contributed by atoms with Gasteiger partial charge in [-0.2, -0.15) is 5.10 Å². The van der Waals surface area contributed by atoms with Gasteiger partial charge in [-0.1, -0.05) is 47.5 Å². The van der Waals surface area contributed by atoms with Gasteiger partial charge in [-0.3, -0.25) is 4.79 Å². The fourth-order valence-corrected chi connectivity index (χ4v) is 2.19. The molecule has 5 heteroatoms. The van der Waals surface area contributed by atoms with Gasteiger partial charge in [0.05, 0.1) is 12.3 Å². The Morgan fingerprint density at radius 2 is 1.83 bits per heavy atom. The number of aryl methyl sites for hydroxylation is 1. The summed E-state index contributed by atoms with van der Waals surface area (Å²) in [5, 5.41) is 7.86. The van der Waals surface area contributed by atoms with Crippen LogP contribution in [0.5, 0.6) is 0 Å². The third-order valence-electron chi connectivity index (χ3n) is 3.52. The molecule has 2 aromatic carbocycles. The van der Waals surface area contributed by atoms with E-state index in [1.807, 2.05) is 63.2 Å². The normalized spacial score (nSPS) is 11.2. The minimum Gasteiger partial charge on any atom is -0.376 e. The van der Waals surface area contributed by atoms with Gasteiger partial charge in [-0.25, -0.2) is 5.43 Å². The first kappa shape index (κ1) is 17.0. The largest absolute Gasteiger partial charge is 0.376 e. The number of nitrogens with one attached hydrogen (secondary N) is 2. The van der Waals surface area contributed by atoms with E-state index in [4.69, 9.17) is 11.6 Å². The number of anilines is 1. The van der Waals surface area contributed by atoms with Crippen LogP contribution in [0, 0.1) is 13.8 Å². The highest BCUT2D eigenvalue weighted by molar-refractivity contribution is 6.31. The van der Waals surface area contributed by atoms with Gasteiger partial charge < -0.3 is 5.32 Å². The third-order valence-corrected chi connectivity index (χ3v) is 3.93. The first-order valence-corrected chi connectivity index (χ1v) is 7.74. The van der Waals surface area contributed by atoms with E-state index in [-0.39, 0.29) is 12.5 Å². The van der Waals surface area contributed by atoms with E-state index in [0.29, 0.717) is 5.02 Å². The van der Waals surface area contributed by atoms with E-state index in [1.165, 1.54) is 5.56 Å². The molecule has 0 atom stereocenters. The average molecular weight is 330 g/mol. The zero-order valence-corrected chi connectivity index (χ0v) is 14.2. The molecule has 0 spiro atoms. The number of nitrogens with zero attached hydrogens (tertiary/aromatic N) is 1. The zero-order chi connectivity index (χ0) is 16.8. The lowest BCUT2D eigenvalue weighted by Crippen LogP contribution is -2.27. The first-order valence-electron chi connectivity index (χ1n) is 7.36. The summed E-state index contributed by atoms with van der Waals surface area (Å²) >= 11 is 6.05. The first-order chi connectivity index (χ1) is 11.0. The van der Waals surface area contributed by atoms with Crippen LogP contribution in [0.15, 0.2) is 47.6 Å². The molecule has 0 bridgehead atoms. The number of halogens is 1. The van der Waals surface area contributed by atoms with E-state index in [0.717, 1.165) is 22.5 Å². The smallest absolute Gasteiger partial charge is 0.259 e. The molecule has 0 aromatic heterocycles. The van der Waals surface area contributed by atoms with E-state index in [1.54, 1.807) is 0 Å². The number of benzene rings is 2. The lowest BCUT2D eigenvalue weighted by Gasteiger charge is -2.10. The number of carbonyl (C=O) groups is 1. The van der Waals surface area contributed by atoms with Crippen LogP contribution in [0.4, 0.5) is 5.69 Å². The summed E-state index contributed by atoms with van der Waals surface area (Å²) < 4.78 is 0. The standard InChI is InChI=1S/C18H20ClN3O/c1-12-7-9-15(10-8-12)14(3)21-22-18(23)11-20-17-6-4-5-16(19)13(17)2/h4-10,20H,11H2,1-3H3,(H,22,23). The molecule has 0 radical (unpaired) electrons. The van der Waals surface area contributed by atoms with Crippen molar-refractivity contribution in [2.75, 3.05) is 11.9 Å². The molecular formula is C18H20ClN3O. The molecular weight excluding hydrogens is 310 g/mol. The van der Waals surface area contributed by atoms with Crippen LogP contribution in [0.1, 0.15) is 23.6 Å². The molecule has 23 heavy (non-hydrogen) atoms. The monoisotopic (exact) mass is 329 g/mol. The van der Waals surface area contributed by atoms with Crippen molar-refractivity contribution in [3.05, 3.63) is 64.2 Å². The number of carbonyl (C=O) groups excluding carboxylic acids is 1. The van der Waals surface area contributed by atoms with Crippen LogP contribution in [0.3, 0.4) is 0 Å². The van der Waals surface area contributed by atoms with Crippen molar-refractivity contribution in [3.8, 4) is 0 Å². The third kappa shape index (κ3) is 4.83. The van der Waals surface area contributed by atoms with Crippen LogP contribution >= 0.6 is 11.6 Å². The molecule has 0 fully saturated rings. The van der Waals surface area contributed by atoms with Crippen LogP contribution in [0.25, 0.3) is 0 Å². The Bertz CT molecular complexity index is 724. The topological polar surface area (TPSA) is 53.5 Å². The Kier molecular flexibility index (Phi) is 5.77. The predicted octanol–water partition coefficient (Wildman–Crippen LogP) is 3.91. The van der Waals surface area contributed by atoms with Gasteiger partial charge in [0.15, 0.2) is 0 Å². The van der Waals surface area contributed by atoms with Crippen molar-refractivity contribution in [2.45, 2.75) is 20.8 Å². The lowest BCUT2D eigenvalue weighted by molar-refractivity contribution is -0.119. The summed E-state index contributed by atoms with van der Waals surface area (Å²) in [6.07, 6.45) is 0. The van der Waals surface area contributed by atoms with Crippen molar-refractivity contribution in [3.63, 3.8) is 0 Å². The van der Waals surface area contributed by atoms with E-state index < -0.39 is 0 Å². The fourth-order valence-electron chi connectivity index (χ4n) is 2.02. The summed E-state index contributed by atoms with van der Waals surface area (Å²) in [5.41, 5.74) is 7.24. The second-order valence-electron chi connectivity index (χ2n) is 5.36. The molecule has 0 aliphatic heterocycles. The van der Waals surface area contributed by atoms with Crippen LogP contribution in [-0.2, 0) is 4.79 Å². The van der Waals surface area contributed by atoms with Gasteiger partial charge in [0, 0.05) is 10.7 Å². The highest BCUT2D eigenvalue weighted by Crippen LogP contribution is 2.22. The molecule has 2 N–H and O–H groups in total. The lowest BCUT2D eigenvalue weighted by atomic mass is 10.1. The Balaban J connectivity index is 1.91. The summed E-state index contributed by atoms with van der Waals surface area (Å²) in [6.45, 7) is 5.93. The Hall–Kier alpha value is -2.33. The van der Waals surface area contributed by atoms with E-state index in [9.17, 15) is 4.79 Å². The highest BCUT2D eigenvalue weighted by Gasteiger charge is 2.05. The predicted molar refractivity (Wildman–Crippen MR) is 96.2 cm³/mol. The Morgan fingerprint density at radius 1 is 1.13 bits per heavy atom. The maximum absolute atomic E-state index is 11.9. The van der Waals surface area contributed by atoms with E-state index in [2.05, 4.69) is 15.8 Å². The van der Waals surface area contributed by atoms with Crippen LogP contribution in [0.2, 0.25) is 5.02 Å². The van der Waals surface area contributed by atoms with Crippen molar-refractivity contribution in [1.29, 1.82) is 0 Å². The minimum atomic E-state index is -0.212. The van der Waals surface area contributed by atoms with Crippen molar-refractivity contribution >= 4 is 28.9 Å². The molecule has 2 rings (SSSR count). The SMILES string of the molecule is CC(=NNC(=O)CNc1cccc(Cl)c1C)c1ccc(C)cc1. The average Bonchev–Trinajstić information content (AvgIpc) is 2.54. The minimum absolute atomic E-state index is 0.131. The van der Waals surface area contributed by atoms with Gasteiger partial charge in [-0.05, 0) is 44.0 Å². The Morgan fingerprint density at radius 3 is 2.52 bits per heavy atom. The number of rotatable bonds is 5. The van der Waals surface area contributed by atoms with Crippen LogP contribution < -0.4 is 10.7 Å². The maximum atomic E-state index is 11.9. The van der Waals surface area contributed by atoms with Crippen molar-refractivity contribution in [1.82, 2.24) is 5.43 Å². The second kappa shape index (κ2) is 7.79. The van der Waals surface area contributed by atoms with Crippen molar-refractivity contribution in [2.24, 2.45) is 5.10 Å². The van der Waals surface area contributed by atoms with Gasteiger partial charge >= 0.3 is 0 Å². The highest BCUT2D eigenvalue weighted by atomic mass is 35.5. The molecule has 0 saturated heterocycles. The van der Waals surface area contributed by atoms with Gasteiger partial charge in [-0.15, -0.1) is 0 Å². The van der Waals surface area contributed by atoms with E-state index >= 15 is 0 Å².